The standard InChI is InChI=1S/C19H27N3O2.ClH/c1-2-20-18(23)15-8-5-6-13(10-15)12-21-19(24)17-11-14-7-3-4-9-16(14)22-17;/h5-6,8,10,14,16-17,22H,2-4,7,9,11-12H2,1H3,(H,20,23)(H,21,24);1H. The van der Waals surface area contributed by atoms with Crippen LogP contribution < -0.4 is 16.0 Å². The molecule has 3 atom stereocenters. The number of rotatable bonds is 5. The molecule has 5 nitrogen and oxygen atoms in total. The number of hydrogen-bond acceptors (Lipinski definition) is 3. The van der Waals surface area contributed by atoms with Crippen molar-refractivity contribution in [1.29, 1.82) is 0 Å². The first kappa shape index (κ1) is 19.7. The lowest BCUT2D eigenvalue weighted by atomic mass is 9.85. The number of carbonyl (C=O) groups excluding carboxylic acids is 2. The fourth-order valence-corrected chi connectivity index (χ4v) is 3.92. The minimum Gasteiger partial charge on any atom is -0.352 e. The Balaban J connectivity index is 0.00000225. The number of amides is 2. The van der Waals surface area contributed by atoms with Crippen LogP contribution in [0.3, 0.4) is 0 Å². The van der Waals surface area contributed by atoms with Gasteiger partial charge in [0.05, 0.1) is 6.04 Å². The first-order chi connectivity index (χ1) is 11.7. The lowest BCUT2D eigenvalue weighted by molar-refractivity contribution is -0.123. The summed E-state index contributed by atoms with van der Waals surface area (Å²) in [5, 5.41) is 9.31. The first-order valence-corrected chi connectivity index (χ1v) is 9.08. The molecule has 25 heavy (non-hydrogen) atoms. The molecule has 138 valence electrons. The van der Waals surface area contributed by atoms with Gasteiger partial charge < -0.3 is 16.0 Å². The van der Waals surface area contributed by atoms with Gasteiger partial charge in [-0.15, -0.1) is 12.4 Å². The van der Waals surface area contributed by atoms with E-state index in [-0.39, 0.29) is 30.3 Å². The molecule has 0 spiro atoms. The summed E-state index contributed by atoms with van der Waals surface area (Å²) in [5.41, 5.74) is 1.58. The molecule has 1 aliphatic carbocycles. The van der Waals surface area contributed by atoms with Gasteiger partial charge in [-0.3, -0.25) is 9.59 Å². The van der Waals surface area contributed by atoms with Crippen molar-refractivity contribution in [3.8, 4) is 0 Å². The van der Waals surface area contributed by atoms with Crippen molar-refractivity contribution in [2.24, 2.45) is 5.92 Å². The Kier molecular flexibility index (Phi) is 7.26. The average Bonchev–Trinajstić information content (AvgIpc) is 3.04. The van der Waals surface area contributed by atoms with Crippen molar-refractivity contribution in [3.05, 3.63) is 35.4 Å². The van der Waals surface area contributed by atoms with Gasteiger partial charge in [-0.2, -0.15) is 0 Å². The minimum atomic E-state index is -0.0767. The third-order valence-corrected chi connectivity index (χ3v) is 5.17. The zero-order valence-corrected chi connectivity index (χ0v) is 15.5. The molecule has 1 saturated carbocycles. The second-order valence-electron chi connectivity index (χ2n) is 6.88. The van der Waals surface area contributed by atoms with Gasteiger partial charge >= 0.3 is 0 Å². The smallest absolute Gasteiger partial charge is 0.251 e. The summed E-state index contributed by atoms with van der Waals surface area (Å²) < 4.78 is 0. The Hall–Kier alpha value is -1.59. The minimum absolute atomic E-state index is 0. The molecule has 0 radical (unpaired) electrons. The van der Waals surface area contributed by atoms with Crippen LogP contribution in [0, 0.1) is 5.92 Å². The maximum absolute atomic E-state index is 12.4. The Labute approximate surface area is 155 Å². The van der Waals surface area contributed by atoms with Crippen molar-refractivity contribution < 1.29 is 9.59 Å². The fourth-order valence-electron chi connectivity index (χ4n) is 3.92. The molecule has 1 aromatic carbocycles. The molecule has 2 aliphatic rings. The van der Waals surface area contributed by atoms with Gasteiger partial charge in [0, 0.05) is 24.7 Å². The van der Waals surface area contributed by atoms with Crippen molar-refractivity contribution in [1.82, 2.24) is 16.0 Å². The SMILES string of the molecule is CCNC(=O)c1cccc(CNC(=O)C2CC3CCCCC3N2)c1.Cl. The summed E-state index contributed by atoms with van der Waals surface area (Å²) in [6.45, 7) is 2.96. The van der Waals surface area contributed by atoms with Crippen LogP contribution in [-0.4, -0.2) is 30.4 Å². The van der Waals surface area contributed by atoms with Crippen LogP contribution in [0.4, 0.5) is 0 Å². The lowest BCUT2D eigenvalue weighted by Gasteiger charge is -2.24. The molecule has 3 rings (SSSR count). The van der Waals surface area contributed by atoms with Crippen LogP contribution in [-0.2, 0) is 11.3 Å². The molecular weight excluding hydrogens is 338 g/mol. The van der Waals surface area contributed by atoms with E-state index in [4.69, 9.17) is 0 Å². The van der Waals surface area contributed by atoms with E-state index in [9.17, 15) is 9.59 Å². The predicted molar refractivity (Wildman–Crippen MR) is 101 cm³/mol. The number of nitrogens with one attached hydrogen (secondary N) is 3. The molecule has 1 aromatic rings. The van der Waals surface area contributed by atoms with E-state index in [0.717, 1.165) is 12.0 Å². The van der Waals surface area contributed by atoms with Gasteiger partial charge in [0.2, 0.25) is 5.91 Å². The summed E-state index contributed by atoms with van der Waals surface area (Å²) in [6, 6.07) is 7.88. The number of halogens is 1. The van der Waals surface area contributed by atoms with Crippen molar-refractivity contribution in [2.45, 2.75) is 57.7 Å². The van der Waals surface area contributed by atoms with Gasteiger partial charge in [-0.05, 0) is 49.8 Å². The van der Waals surface area contributed by atoms with Crippen LogP contribution in [0.5, 0.6) is 0 Å². The predicted octanol–water partition coefficient (Wildman–Crippen LogP) is 2.40. The van der Waals surface area contributed by atoms with E-state index in [2.05, 4.69) is 16.0 Å². The largest absolute Gasteiger partial charge is 0.352 e. The lowest BCUT2D eigenvalue weighted by Crippen LogP contribution is -2.42. The van der Waals surface area contributed by atoms with Crippen LogP contribution in [0.25, 0.3) is 0 Å². The molecule has 2 amide bonds. The molecule has 1 aliphatic heterocycles. The van der Waals surface area contributed by atoms with E-state index >= 15 is 0 Å². The molecule has 1 heterocycles. The van der Waals surface area contributed by atoms with Gasteiger partial charge in [0.25, 0.3) is 5.91 Å². The summed E-state index contributed by atoms with van der Waals surface area (Å²) in [6.07, 6.45) is 5.97. The van der Waals surface area contributed by atoms with E-state index in [1.807, 2.05) is 25.1 Å². The highest BCUT2D eigenvalue weighted by atomic mass is 35.5. The number of fused-ring (bicyclic) bond motifs is 1. The first-order valence-electron chi connectivity index (χ1n) is 9.08. The highest BCUT2D eigenvalue weighted by molar-refractivity contribution is 5.94. The molecule has 1 saturated heterocycles. The molecular formula is C19H28ClN3O2. The summed E-state index contributed by atoms with van der Waals surface area (Å²) >= 11 is 0. The number of hydrogen-bond donors (Lipinski definition) is 3. The van der Waals surface area contributed by atoms with E-state index in [1.54, 1.807) is 6.07 Å². The molecule has 3 N–H and O–H groups in total. The Morgan fingerprint density at radius 2 is 2.00 bits per heavy atom. The monoisotopic (exact) mass is 365 g/mol. The molecule has 0 bridgehead atoms. The zero-order chi connectivity index (χ0) is 16.9. The summed E-state index contributed by atoms with van der Waals surface area (Å²) in [7, 11) is 0. The van der Waals surface area contributed by atoms with Gasteiger partial charge in [0.1, 0.15) is 0 Å². The molecule has 3 unspecified atom stereocenters. The van der Waals surface area contributed by atoms with Gasteiger partial charge in [-0.1, -0.05) is 25.0 Å². The van der Waals surface area contributed by atoms with E-state index in [0.29, 0.717) is 30.6 Å². The topological polar surface area (TPSA) is 70.2 Å². The van der Waals surface area contributed by atoms with E-state index < -0.39 is 0 Å². The highest BCUT2D eigenvalue weighted by Gasteiger charge is 2.37. The Bertz CT molecular complexity index is 594. The zero-order valence-electron chi connectivity index (χ0n) is 14.7. The van der Waals surface area contributed by atoms with Gasteiger partial charge in [-0.25, -0.2) is 0 Å². The quantitative estimate of drug-likeness (QED) is 0.750. The average molecular weight is 366 g/mol. The fraction of sp³-hybridized carbons (Fsp3) is 0.579. The third-order valence-electron chi connectivity index (χ3n) is 5.17. The third kappa shape index (κ3) is 4.95. The van der Waals surface area contributed by atoms with Crippen LogP contribution in [0.2, 0.25) is 0 Å². The Morgan fingerprint density at radius 3 is 2.76 bits per heavy atom. The Morgan fingerprint density at radius 1 is 1.20 bits per heavy atom. The number of benzene rings is 1. The maximum Gasteiger partial charge on any atom is 0.251 e. The van der Waals surface area contributed by atoms with Crippen LogP contribution in [0.1, 0.15) is 54.9 Å². The molecule has 2 fully saturated rings. The van der Waals surface area contributed by atoms with E-state index in [1.165, 1.54) is 25.7 Å². The molecule has 0 aromatic heterocycles. The highest BCUT2D eigenvalue weighted by Crippen LogP contribution is 2.33. The second-order valence-corrected chi connectivity index (χ2v) is 6.88. The second kappa shape index (κ2) is 9.20. The summed E-state index contributed by atoms with van der Waals surface area (Å²) in [5.74, 6) is 0.663. The van der Waals surface area contributed by atoms with Crippen molar-refractivity contribution in [2.75, 3.05) is 6.54 Å². The maximum atomic E-state index is 12.4. The normalized spacial score (nSPS) is 24.8. The van der Waals surface area contributed by atoms with Crippen LogP contribution >= 0.6 is 12.4 Å². The molecule has 6 heteroatoms. The van der Waals surface area contributed by atoms with Crippen molar-refractivity contribution >= 4 is 24.2 Å². The summed E-state index contributed by atoms with van der Waals surface area (Å²) in [4.78, 5) is 24.3. The van der Waals surface area contributed by atoms with Crippen molar-refractivity contribution in [3.63, 3.8) is 0 Å². The van der Waals surface area contributed by atoms with Gasteiger partial charge in [0.15, 0.2) is 0 Å². The van der Waals surface area contributed by atoms with Crippen LogP contribution in [0.15, 0.2) is 24.3 Å². The number of carbonyl (C=O) groups is 2.